The van der Waals surface area contributed by atoms with Crippen molar-refractivity contribution in [1.29, 1.82) is 0 Å². The normalized spacial score (nSPS) is 11.8. The van der Waals surface area contributed by atoms with E-state index in [1.165, 1.54) is 51.5 Å². The summed E-state index contributed by atoms with van der Waals surface area (Å²) in [5.74, 6) is -1.58. The number of esters is 2. The summed E-state index contributed by atoms with van der Waals surface area (Å²) in [5, 5.41) is 2.55. The number of nitrogens with zero attached hydrogens (tertiary/aromatic N) is 1. The number of ether oxygens (including phenoxy) is 3. The van der Waals surface area contributed by atoms with Gasteiger partial charge in [-0.1, -0.05) is 0 Å². The predicted molar refractivity (Wildman–Crippen MR) is 122 cm³/mol. The van der Waals surface area contributed by atoms with Crippen molar-refractivity contribution in [2.75, 3.05) is 36.7 Å². The smallest absolute Gasteiger partial charge is 0.337 e. The van der Waals surface area contributed by atoms with Gasteiger partial charge in [-0.15, -0.1) is 0 Å². The number of nitrogens with one attached hydrogen (secondary N) is 1. The quantitative estimate of drug-likeness (QED) is 0.544. The van der Waals surface area contributed by atoms with E-state index in [2.05, 4.69) is 14.8 Å². The van der Waals surface area contributed by atoms with Crippen molar-refractivity contribution in [3.05, 3.63) is 53.6 Å². The number of benzene rings is 2. The van der Waals surface area contributed by atoms with Gasteiger partial charge in [-0.3, -0.25) is 9.10 Å². The summed E-state index contributed by atoms with van der Waals surface area (Å²) >= 11 is 0. The molecule has 33 heavy (non-hydrogen) atoms. The van der Waals surface area contributed by atoms with E-state index in [1.54, 1.807) is 12.1 Å². The summed E-state index contributed by atoms with van der Waals surface area (Å²) in [7, 11) is -1.50. The van der Waals surface area contributed by atoms with Crippen LogP contribution in [0.4, 0.5) is 11.4 Å². The van der Waals surface area contributed by atoms with Crippen LogP contribution in [-0.4, -0.2) is 59.4 Å². The molecule has 1 amide bonds. The Hall–Kier alpha value is -3.60. The van der Waals surface area contributed by atoms with E-state index >= 15 is 0 Å². The van der Waals surface area contributed by atoms with Crippen molar-refractivity contribution >= 4 is 39.2 Å². The highest BCUT2D eigenvalue weighted by Gasteiger charge is 2.29. The number of carbonyl (C=O) groups is 3. The Morgan fingerprint density at radius 1 is 0.970 bits per heavy atom. The molecule has 0 radical (unpaired) electrons. The molecule has 1 N–H and O–H groups in total. The summed E-state index contributed by atoms with van der Waals surface area (Å²) in [4.78, 5) is 36.9. The van der Waals surface area contributed by atoms with Crippen molar-refractivity contribution in [3.63, 3.8) is 0 Å². The minimum Gasteiger partial charge on any atom is -0.494 e. The zero-order valence-corrected chi connectivity index (χ0v) is 19.8. The van der Waals surface area contributed by atoms with Crippen LogP contribution in [0.25, 0.3) is 0 Å². The molecule has 0 aliphatic rings. The fraction of sp³-hybridized carbons (Fsp3) is 0.318. The van der Waals surface area contributed by atoms with Gasteiger partial charge in [-0.25, -0.2) is 18.0 Å². The summed E-state index contributed by atoms with van der Waals surface area (Å²) in [5.41, 5.74) is 0.377. The van der Waals surface area contributed by atoms with Crippen LogP contribution in [-0.2, 0) is 24.3 Å². The number of hydrogen-bond donors (Lipinski definition) is 1. The third kappa shape index (κ3) is 6.45. The van der Waals surface area contributed by atoms with Crippen LogP contribution in [0.3, 0.4) is 0 Å². The van der Waals surface area contributed by atoms with Crippen LogP contribution in [0.5, 0.6) is 5.75 Å². The highest BCUT2D eigenvalue weighted by Crippen LogP contribution is 2.25. The molecule has 2 rings (SSSR count). The lowest BCUT2D eigenvalue weighted by Crippen LogP contribution is -2.45. The molecular weight excluding hydrogens is 452 g/mol. The van der Waals surface area contributed by atoms with Crippen LogP contribution < -0.4 is 14.4 Å². The molecule has 178 valence electrons. The lowest BCUT2D eigenvalue weighted by Gasteiger charge is -2.28. The summed E-state index contributed by atoms with van der Waals surface area (Å²) < 4.78 is 40.7. The fourth-order valence-corrected chi connectivity index (χ4v) is 4.26. The number of sulfonamides is 1. The maximum atomic E-state index is 13.0. The Kier molecular flexibility index (Phi) is 8.41. The van der Waals surface area contributed by atoms with Crippen LogP contribution in [0.2, 0.25) is 0 Å². The first-order valence-corrected chi connectivity index (χ1v) is 11.7. The molecule has 2 aromatic carbocycles. The summed E-state index contributed by atoms with van der Waals surface area (Å²) in [6, 6.07) is 8.98. The zero-order chi connectivity index (χ0) is 24.8. The molecule has 0 aliphatic carbocycles. The van der Waals surface area contributed by atoms with Crippen molar-refractivity contribution in [3.8, 4) is 5.75 Å². The van der Waals surface area contributed by atoms with Crippen LogP contribution >= 0.6 is 0 Å². The lowest BCUT2D eigenvalue weighted by molar-refractivity contribution is -0.116. The zero-order valence-electron chi connectivity index (χ0n) is 18.9. The first-order chi connectivity index (χ1) is 15.5. The second kappa shape index (κ2) is 10.8. The van der Waals surface area contributed by atoms with E-state index in [0.717, 1.165) is 10.6 Å². The van der Waals surface area contributed by atoms with E-state index < -0.39 is 33.9 Å². The highest BCUT2D eigenvalue weighted by atomic mass is 32.2. The van der Waals surface area contributed by atoms with Gasteiger partial charge < -0.3 is 19.5 Å². The van der Waals surface area contributed by atoms with Crippen LogP contribution in [0, 0.1) is 0 Å². The molecule has 0 aliphatic heterocycles. The average molecular weight is 479 g/mol. The first kappa shape index (κ1) is 25.7. The van der Waals surface area contributed by atoms with Gasteiger partial charge in [0.05, 0.1) is 43.9 Å². The molecule has 1 atom stereocenters. The van der Waals surface area contributed by atoms with E-state index in [1.807, 2.05) is 6.92 Å². The average Bonchev–Trinajstić information content (AvgIpc) is 2.78. The SMILES string of the molecule is CCOc1ccc(N([C@@H](C)C(=O)Nc2cc(C(=O)OC)cc(C(=O)OC)c2)S(C)(=O)=O)cc1. The number of hydrogen-bond acceptors (Lipinski definition) is 8. The Balaban J connectivity index is 2.38. The molecule has 0 saturated carbocycles. The van der Waals surface area contributed by atoms with Crippen molar-refractivity contribution in [1.82, 2.24) is 0 Å². The highest BCUT2D eigenvalue weighted by molar-refractivity contribution is 7.92. The van der Waals surface area contributed by atoms with E-state index in [9.17, 15) is 22.8 Å². The molecule has 10 nitrogen and oxygen atoms in total. The van der Waals surface area contributed by atoms with Gasteiger partial charge >= 0.3 is 11.9 Å². The second-order valence-corrected chi connectivity index (χ2v) is 8.79. The maximum absolute atomic E-state index is 13.0. The van der Waals surface area contributed by atoms with Gasteiger partial charge in [-0.2, -0.15) is 0 Å². The first-order valence-electron chi connectivity index (χ1n) is 9.86. The second-order valence-electron chi connectivity index (χ2n) is 6.93. The number of amides is 1. The standard InChI is InChI=1S/C22H26N2O8S/c1-6-32-19-9-7-18(8-10-19)24(33(5,28)29)14(2)20(25)23-17-12-15(21(26)30-3)11-16(13-17)22(27)31-4/h7-14H,6H2,1-5H3,(H,23,25)/t14-/m0/s1. The number of rotatable bonds is 9. The van der Waals surface area contributed by atoms with Gasteiger partial charge in [0.15, 0.2) is 0 Å². The van der Waals surface area contributed by atoms with Crippen LogP contribution in [0.15, 0.2) is 42.5 Å². The van der Waals surface area contributed by atoms with Crippen molar-refractivity contribution < 1.29 is 37.0 Å². The topological polar surface area (TPSA) is 128 Å². The largest absolute Gasteiger partial charge is 0.494 e. The van der Waals surface area contributed by atoms with Crippen molar-refractivity contribution in [2.24, 2.45) is 0 Å². The summed E-state index contributed by atoms with van der Waals surface area (Å²) in [6.45, 7) is 3.69. The fourth-order valence-electron chi connectivity index (χ4n) is 3.08. The molecule has 0 unspecified atom stereocenters. The Morgan fingerprint density at radius 2 is 1.48 bits per heavy atom. The van der Waals surface area contributed by atoms with Gasteiger partial charge in [0, 0.05) is 5.69 Å². The number of anilines is 2. The Morgan fingerprint density at radius 3 is 1.91 bits per heavy atom. The number of methoxy groups -OCH3 is 2. The Bertz CT molecular complexity index is 1100. The van der Waals surface area contributed by atoms with Gasteiger partial charge in [0.1, 0.15) is 11.8 Å². The van der Waals surface area contributed by atoms with Crippen LogP contribution in [0.1, 0.15) is 34.6 Å². The van der Waals surface area contributed by atoms with E-state index in [4.69, 9.17) is 4.74 Å². The molecule has 0 heterocycles. The summed E-state index contributed by atoms with van der Waals surface area (Å²) in [6.07, 6.45) is 0.987. The predicted octanol–water partition coefficient (Wildman–Crippen LogP) is 2.45. The van der Waals surface area contributed by atoms with E-state index in [-0.39, 0.29) is 22.5 Å². The van der Waals surface area contributed by atoms with Gasteiger partial charge in [-0.05, 0) is 56.3 Å². The van der Waals surface area contributed by atoms with E-state index in [0.29, 0.717) is 12.4 Å². The minimum absolute atomic E-state index is 0.00911. The Labute approximate surface area is 192 Å². The number of carbonyl (C=O) groups excluding carboxylic acids is 3. The molecular formula is C22H26N2O8S. The molecule has 11 heteroatoms. The maximum Gasteiger partial charge on any atom is 0.337 e. The molecule has 0 fully saturated rings. The monoisotopic (exact) mass is 478 g/mol. The third-order valence-electron chi connectivity index (χ3n) is 4.53. The lowest BCUT2D eigenvalue weighted by atomic mass is 10.1. The molecule has 0 aromatic heterocycles. The van der Waals surface area contributed by atoms with Gasteiger partial charge in [0.25, 0.3) is 0 Å². The molecule has 2 aromatic rings. The molecule has 0 spiro atoms. The molecule has 0 bridgehead atoms. The van der Waals surface area contributed by atoms with Gasteiger partial charge in [0.2, 0.25) is 15.9 Å². The third-order valence-corrected chi connectivity index (χ3v) is 5.78. The van der Waals surface area contributed by atoms with Crippen molar-refractivity contribution in [2.45, 2.75) is 19.9 Å². The molecule has 0 saturated heterocycles. The minimum atomic E-state index is -3.85.